The smallest absolute Gasteiger partial charge is 0.350 e. The van der Waals surface area contributed by atoms with Crippen LogP contribution in [0.15, 0.2) is 48.8 Å². The van der Waals surface area contributed by atoms with Crippen LogP contribution in [-0.2, 0) is 9.63 Å². The van der Waals surface area contributed by atoms with Gasteiger partial charge in [-0.3, -0.25) is 10.1 Å². The van der Waals surface area contributed by atoms with Gasteiger partial charge < -0.3 is 4.84 Å². The first kappa shape index (κ1) is 15.2. The monoisotopic (exact) mass is 328 g/mol. The number of carbonyl (C=O) groups is 1. The molecule has 3 aromatic rings. The van der Waals surface area contributed by atoms with Gasteiger partial charge in [0.2, 0.25) is 0 Å². The van der Waals surface area contributed by atoms with E-state index >= 15 is 0 Å². The number of hydrogen-bond acceptors (Lipinski definition) is 5. The second kappa shape index (κ2) is 6.60. The lowest BCUT2D eigenvalue weighted by Gasteiger charge is -2.08. The summed E-state index contributed by atoms with van der Waals surface area (Å²) in [5.74, 6) is -0.509. The van der Waals surface area contributed by atoms with Crippen molar-refractivity contribution >= 4 is 34.0 Å². The highest BCUT2D eigenvalue weighted by atomic mass is 35.5. The molecule has 116 valence electrons. The molecule has 0 spiro atoms. The fourth-order valence-corrected chi connectivity index (χ4v) is 2.44. The number of hydroxylamine groups is 1. The summed E-state index contributed by atoms with van der Waals surface area (Å²) in [7, 11) is 1.52. The molecule has 1 aromatic carbocycles. The SMILES string of the molecule is CNOC(=O)C=C(c1cccnc1)c1ccc2n[nH]c(Cl)c2c1. The number of fused-ring (bicyclic) bond motifs is 1. The predicted octanol–water partition coefficient (Wildman–Crippen LogP) is 2.72. The number of aromatic nitrogens is 3. The van der Waals surface area contributed by atoms with E-state index in [9.17, 15) is 4.79 Å². The maximum absolute atomic E-state index is 11.9. The lowest BCUT2D eigenvalue weighted by molar-refractivity contribution is -0.143. The van der Waals surface area contributed by atoms with Gasteiger partial charge in [0.05, 0.1) is 5.52 Å². The van der Waals surface area contributed by atoms with E-state index < -0.39 is 5.97 Å². The molecule has 2 N–H and O–H groups in total. The van der Waals surface area contributed by atoms with Crippen molar-refractivity contribution in [1.82, 2.24) is 20.7 Å². The Morgan fingerprint density at radius 3 is 2.96 bits per heavy atom. The Morgan fingerprint density at radius 1 is 1.35 bits per heavy atom. The molecule has 23 heavy (non-hydrogen) atoms. The Morgan fingerprint density at radius 2 is 2.22 bits per heavy atom. The van der Waals surface area contributed by atoms with Crippen molar-refractivity contribution < 1.29 is 9.63 Å². The average molecular weight is 329 g/mol. The van der Waals surface area contributed by atoms with E-state index in [2.05, 4.69) is 20.7 Å². The van der Waals surface area contributed by atoms with Gasteiger partial charge in [-0.15, -0.1) is 0 Å². The van der Waals surface area contributed by atoms with Crippen molar-refractivity contribution in [2.75, 3.05) is 7.05 Å². The number of pyridine rings is 1. The van der Waals surface area contributed by atoms with Crippen LogP contribution in [0.25, 0.3) is 16.5 Å². The molecular weight excluding hydrogens is 316 g/mol. The predicted molar refractivity (Wildman–Crippen MR) is 87.6 cm³/mol. The number of aromatic amines is 1. The molecule has 0 aliphatic carbocycles. The number of carbonyl (C=O) groups excluding carboxylic acids is 1. The quantitative estimate of drug-likeness (QED) is 0.568. The Bertz CT molecular complexity index is 874. The molecule has 0 radical (unpaired) electrons. The number of benzene rings is 1. The van der Waals surface area contributed by atoms with Gasteiger partial charge in [-0.25, -0.2) is 4.79 Å². The van der Waals surface area contributed by atoms with Gasteiger partial charge in [0.25, 0.3) is 0 Å². The topological polar surface area (TPSA) is 79.9 Å². The molecule has 2 aromatic heterocycles. The second-order valence-electron chi connectivity index (χ2n) is 4.69. The molecule has 0 aliphatic heterocycles. The molecule has 0 saturated carbocycles. The highest BCUT2D eigenvalue weighted by Gasteiger charge is 2.12. The van der Waals surface area contributed by atoms with Gasteiger partial charge in [0, 0.05) is 36.5 Å². The Hall–Kier alpha value is -2.70. The first-order valence-electron chi connectivity index (χ1n) is 6.82. The summed E-state index contributed by atoms with van der Waals surface area (Å²) >= 11 is 6.10. The van der Waals surface area contributed by atoms with Gasteiger partial charge in [0.15, 0.2) is 0 Å². The first-order valence-corrected chi connectivity index (χ1v) is 7.20. The van der Waals surface area contributed by atoms with Gasteiger partial charge in [-0.1, -0.05) is 23.7 Å². The van der Waals surface area contributed by atoms with E-state index in [1.165, 1.54) is 13.1 Å². The molecular formula is C16H13ClN4O2. The number of nitrogens with one attached hydrogen (secondary N) is 2. The zero-order valence-corrected chi connectivity index (χ0v) is 13.0. The van der Waals surface area contributed by atoms with Crippen LogP contribution in [0, 0.1) is 0 Å². The van der Waals surface area contributed by atoms with E-state index in [0.29, 0.717) is 10.7 Å². The Balaban J connectivity index is 2.13. The molecule has 7 heteroatoms. The summed E-state index contributed by atoms with van der Waals surface area (Å²) in [5, 5.41) is 8.04. The summed E-state index contributed by atoms with van der Waals surface area (Å²) in [6.45, 7) is 0. The third-order valence-electron chi connectivity index (χ3n) is 3.26. The fourth-order valence-electron chi connectivity index (χ4n) is 2.25. The standard InChI is InChI=1S/C16H13ClN4O2/c1-18-23-15(22)8-12(11-3-2-6-19-9-11)10-4-5-14-13(7-10)16(17)21-20-14/h2-9,18H,1H3,(H,20,21). The van der Waals surface area contributed by atoms with Crippen LogP contribution in [0.3, 0.4) is 0 Å². The summed E-state index contributed by atoms with van der Waals surface area (Å²) in [4.78, 5) is 20.7. The molecule has 0 saturated heterocycles. The zero-order valence-electron chi connectivity index (χ0n) is 12.2. The van der Waals surface area contributed by atoms with E-state index in [4.69, 9.17) is 16.4 Å². The molecule has 0 amide bonds. The minimum Gasteiger partial charge on any atom is -0.367 e. The maximum atomic E-state index is 11.9. The van der Waals surface area contributed by atoms with Crippen LogP contribution in [0.5, 0.6) is 0 Å². The van der Waals surface area contributed by atoms with E-state index in [1.54, 1.807) is 18.5 Å². The normalized spacial score (nSPS) is 11.7. The van der Waals surface area contributed by atoms with Crippen LogP contribution in [0.4, 0.5) is 0 Å². The van der Waals surface area contributed by atoms with Crippen molar-refractivity contribution in [2.45, 2.75) is 0 Å². The average Bonchev–Trinajstić information content (AvgIpc) is 2.94. The third-order valence-corrected chi connectivity index (χ3v) is 3.54. The van der Waals surface area contributed by atoms with Crippen molar-refractivity contribution in [2.24, 2.45) is 0 Å². The lowest BCUT2D eigenvalue weighted by Crippen LogP contribution is -2.13. The van der Waals surface area contributed by atoms with Gasteiger partial charge in [0.1, 0.15) is 5.15 Å². The van der Waals surface area contributed by atoms with Gasteiger partial charge in [-0.2, -0.15) is 10.6 Å². The second-order valence-corrected chi connectivity index (χ2v) is 5.07. The van der Waals surface area contributed by atoms with Crippen LogP contribution in [0.1, 0.15) is 11.1 Å². The molecule has 3 rings (SSSR count). The number of H-pyrrole nitrogens is 1. The maximum Gasteiger partial charge on any atom is 0.350 e. The molecule has 0 unspecified atom stereocenters. The van der Waals surface area contributed by atoms with E-state index in [0.717, 1.165) is 22.0 Å². The number of rotatable bonds is 4. The summed E-state index contributed by atoms with van der Waals surface area (Å²) in [5.41, 5.74) is 5.39. The highest BCUT2D eigenvalue weighted by molar-refractivity contribution is 6.34. The first-order chi connectivity index (χ1) is 11.2. The Labute approximate surface area is 137 Å². The third kappa shape index (κ3) is 3.23. The minimum atomic E-state index is -0.509. The molecule has 0 bridgehead atoms. The van der Waals surface area contributed by atoms with E-state index in [1.807, 2.05) is 24.3 Å². The molecule has 0 fully saturated rings. The largest absolute Gasteiger partial charge is 0.367 e. The number of nitrogens with zero attached hydrogens (tertiary/aromatic N) is 2. The summed E-state index contributed by atoms with van der Waals surface area (Å²) in [6.07, 6.45) is 4.76. The number of hydrogen-bond donors (Lipinski definition) is 2. The highest BCUT2D eigenvalue weighted by Crippen LogP contribution is 2.28. The lowest BCUT2D eigenvalue weighted by atomic mass is 9.98. The molecule has 2 heterocycles. The number of halogens is 1. The fraction of sp³-hybridized carbons (Fsp3) is 0.0625. The van der Waals surface area contributed by atoms with Crippen LogP contribution < -0.4 is 5.48 Å². The molecule has 6 nitrogen and oxygen atoms in total. The van der Waals surface area contributed by atoms with E-state index in [-0.39, 0.29) is 0 Å². The van der Waals surface area contributed by atoms with Crippen molar-refractivity contribution in [3.05, 3.63) is 65.1 Å². The van der Waals surface area contributed by atoms with Gasteiger partial charge >= 0.3 is 5.97 Å². The Kier molecular flexibility index (Phi) is 4.36. The van der Waals surface area contributed by atoms with Gasteiger partial charge in [-0.05, 0) is 29.3 Å². The summed E-state index contributed by atoms with van der Waals surface area (Å²) < 4.78 is 0. The summed E-state index contributed by atoms with van der Waals surface area (Å²) in [6, 6.07) is 9.24. The minimum absolute atomic E-state index is 0.449. The molecule has 0 aliphatic rings. The molecule has 0 atom stereocenters. The van der Waals surface area contributed by atoms with Crippen LogP contribution in [-0.4, -0.2) is 28.2 Å². The van der Waals surface area contributed by atoms with Crippen molar-refractivity contribution in [1.29, 1.82) is 0 Å². The van der Waals surface area contributed by atoms with Crippen LogP contribution >= 0.6 is 11.6 Å². The van der Waals surface area contributed by atoms with Crippen molar-refractivity contribution in [3.8, 4) is 0 Å². The van der Waals surface area contributed by atoms with Crippen molar-refractivity contribution in [3.63, 3.8) is 0 Å². The zero-order chi connectivity index (χ0) is 16.2. The van der Waals surface area contributed by atoms with Crippen LogP contribution in [0.2, 0.25) is 5.15 Å².